The Hall–Kier alpha value is -1.85. The average molecular weight is 218 g/mol. The fourth-order valence-electron chi connectivity index (χ4n) is 0.982. The molecule has 0 bridgehead atoms. The van der Waals surface area contributed by atoms with Crippen molar-refractivity contribution in [2.45, 2.75) is 0 Å². The minimum absolute atomic E-state index is 0.280. The standard InChI is InChI=1S/C9H8F2O4/c1-14-9-6(11)2-5(10)3-7(9)15-4-8(12)13/h2-3H,4H2,1H3,(H,12,13). The maximum atomic E-state index is 13.0. The van der Waals surface area contributed by atoms with Gasteiger partial charge in [0.1, 0.15) is 5.82 Å². The van der Waals surface area contributed by atoms with E-state index in [0.29, 0.717) is 6.07 Å². The smallest absolute Gasteiger partial charge is 0.341 e. The molecule has 0 saturated heterocycles. The van der Waals surface area contributed by atoms with E-state index in [9.17, 15) is 13.6 Å². The van der Waals surface area contributed by atoms with Crippen molar-refractivity contribution >= 4 is 5.97 Å². The van der Waals surface area contributed by atoms with Gasteiger partial charge in [-0.15, -0.1) is 0 Å². The highest BCUT2D eigenvalue weighted by molar-refractivity contribution is 5.68. The quantitative estimate of drug-likeness (QED) is 0.830. The number of carbonyl (C=O) groups is 1. The molecule has 0 aliphatic rings. The molecule has 82 valence electrons. The maximum absolute atomic E-state index is 13.0. The molecule has 0 spiro atoms. The van der Waals surface area contributed by atoms with Crippen LogP contribution in [0.1, 0.15) is 0 Å². The molecule has 6 heteroatoms. The number of aliphatic carboxylic acids is 1. The average Bonchev–Trinajstić information content (AvgIpc) is 2.13. The molecule has 0 saturated carbocycles. The zero-order valence-corrected chi connectivity index (χ0v) is 7.79. The van der Waals surface area contributed by atoms with Gasteiger partial charge >= 0.3 is 5.97 Å². The number of carboxylic acid groups (broad SMARTS) is 1. The lowest BCUT2D eigenvalue weighted by molar-refractivity contribution is -0.139. The molecular weight excluding hydrogens is 210 g/mol. The molecule has 0 aromatic heterocycles. The van der Waals surface area contributed by atoms with Crippen molar-refractivity contribution in [1.82, 2.24) is 0 Å². The van der Waals surface area contributed by atoms with Crippen LogP contribution in [0.4, 0.5) is 8.78 Å². The molecule has 0 radical (unpaired) electrons. The Bertz CT molecular complexity index is 379. The largest absolute Gasteiger partial charge is 0.490 e. The van der Waals surface area contributed by atoms with E-state index >= 15 is 0 Å². The second-order valence-electron chi connectivity index (χ2n) is 2.60. The summed E-state index contributed by atoms with van der Waals surface area (Å²) < 4.78 is 35.0. The molecule has 0 aliphatic heterocycles. The number of benzene rings is 1. The summed E-state index contributed by atoms with van der Waals surface area (Å²) in [6.07, 6.45) is 0. The predicted molar refractivity (Wildman–Crippen MR) is 46.0 cm³/mol. The Morgan fingerprint density at radius 1 is 1.47 bits per heavy atom. The number of methoxy groups -OCH3 is 1. The van der Waals surface area contributed by atoms with Gasteiger partial charge in [-0.2, -0.15) is 0 Å². The maximum Gasteiger partial charge on any atom is 0.341 e. The van der Waals surface area contributed by atoms with Gasteiger partial charge < -0.3 is 14.6 Å². The topological polar surface area (TPSA) is 55.8 Å². The van der Waals surface area contributed by atoms with Crippen LogP contribution in [-0.4, -0.2) is 24.8 Å². The highest BCUT2D eigenvalue weighted by Crippen LogP contribution is 2.30. The first kappa shape index (κ1) is 11.2. The first-order valence-corrected chi connectivity index (χ1v) is 3.92. The normalized spacial score (nSPS) is 9.80. The van der Waals surface area contributed by atoms with Crippen LogP contribution in [0, 0.1) is 11.6 Å². The number of hydrogen-bond acceptors (Lipinski definition) is 3. The highest BCUT2D eigenvalue weighted by atomic mass is 19.1. The molecule has 1 N–H and O–H groups in total. The van der Waals surface area contributed by atoms with E-state index in [1.165, 1.54) is 7.11 Å². The molecule has 4 nitrogen and oxygen atoms in total. The van der Waals surface area contributed by atoms with Gasteiger partial charge in [-0.1, -0.05) is 0 Å². The lowest BCUT2D eigenvalue weighted by Gasteiger charge is -2.09. The van der Waals surface area contributed by atoms with Crippen molar-refractivity contribution in [2.24, 2.45) is 0 Å². The van der Waals surface area contributed by atoms with Gasteiger partial charge in [0.2, 0.25) is 0 Å². The Morgan fingerprint density at radius 2 is 2.13 bits per heavy atom. The molecule has 0 heterocycles. The van der Waals surface area contributed by atoms with Crippen LogP contribution in [0.5, 0.6) is 11.5 Å². The predicted octanol–water partition coefficient (Wildman–Crippen LogP) is 1.44. The summed E-state index contributed by atoms with van der Waals surface area (Å²) in [5.41, 5.74) is 0. The van der Waals surface area contributed by atoms with Crippen LogP contribution in [0.2, 0.25) is 0 Å². The lowest BCUT2D eigenvalue weighted by Crippen LogP contribution is -2.10. The highest BCUT2D eigenvalue weighted by Gasteiger charge is 2.14. The molecule has 1 aromatic carbocycles. The fourth-order valence-corrected chi connectivity index (χ4v) is 0.982. The summed E-state index contributed by atoms with van der Waals surface area (Å²) >= 11 is 0. The van der Waals surface area contributed by atoms with E-state index in [4.69, 9.17) is 5.11 Å². The van der Waals surface area contributed by atoms with Gasteiger partial charge in [0.25, 0.3) is 0 Å². The molecule has 0 atom stereocenters. The van der Waals surface area contributed by atoms with Crippen LogP contribution in [0.15, 0.2) is 12.1 Å². The Balaban J connectivity index is 2.98. The van der Waals surface area contributed by atoms with Gasteiger partial charge in [0.15, 0.2) is 23.9 Å². The van der Waals surface area contributed by atoms with Crippen molar-refractivity contribution < 1.29 is 28.2 Å². The Labute approximate surface area is 84.0 Å². The number of carboxylic acids is 1. The molecule has 0 aliphatic carbocycles. The third-order valence-electron chi connectivity index (χ3n) is 1.53. The minimum atomic E-state index is -1.25. The lowest BCUT2D eigenvalue weighted by atomic mass is 10.3. The van der Waals surface area contributed by atoms with Crippen LogP contribution in [0.3, 0.4) is 0 Å². The third kappa shape index (κ3) is 2.80. The van der Waals surface area contributed by atoms with Crippen molar-refractivity contribution in [3.63, 3.8) is 0 Å². The third-order valence-corrected chi connectivity index (χ3v) is 1.53. The van der Waals surface area contributed by atoms with Gasteiger partial charge in [-0.05, 0) is 0 Å². The van der Waals surface area contributed by atoms with Crippen molar-refractivity contribution in [3.05, 3.63) is 23.8 Å². The van der Waals surface area contributed by atoms with Crippen LogP contribution in [-0.2, 0) is 4.79 Å². The summed E-state index contributed by atoms with van der Waals surface area (Å²) in [7, 11) is 1.17. The molecule has 0 amide bonds. The van der Waals surface area contributed by atoms with E-state index < -0.39 is 24.2 Å². The first-order valence-electron chi connectivity index (χ1n) is 3.92. The first-order chi connectivity index (χ1) is 7.04. The second-order valence-corrected chi connectivity index (χ2v) is 2.60. The number of ether oxygens (including phenoxy) is 2. The zero-order chi connectivity index (χ0) is 11.4. The number of rotatable bonds is 4. The van der Waals surface area contributed by atoms with E-state index in [0.717, 1.165) is 6.07 Å². The fraction of sp³-hybridized carbons (Fsp3) is 0.222. The summed E-state index contributed by atoms with van der Waals surface area (Å²) in [6.45, 7) is -0.695. The van der Waals surface area contributed by atoms with Crippen LogP contribution < -0.4 is 9.47 Å². The van der Waals surface area contributed by atoms with Crippen molar-refractivity contribution in [1.29, 1.82) is 0 Å². The van der Waals surface area contributed by atoms with Gasteiger partial charge in [-0.3, -0.25) is 0 Å². The summed E-state index contributed by atoms with van der Waals surface area (Å²) in [6, 6.07) is 1.47. The summed E-state index contributed by atoms with van der Waals surface area (Å²) in [5, 5.41) is 8.32. The Kier molecular flexibility index (Phi) is 3.43. The number of halogens is 2. The van der Waals surface area contributed by atoms with Gasteiger partial charge in [0, 0.05) is 12.1 Å². The van der Waals surface area contributed by atoms with Gasteiger partial charge in [-0.25, -0.2) is 13.6 Å². The molecule has 0 unspecified atom stereocenters. The van der Waals surface area contributed by atoms with Crippen LogP contribution in [0.25, 0.3) is 0 Å². The molecule has 1 aromatic rings. The molecule has 0 fully saturated rings. The summed E-state index contributed by atoms with van der Waals surface area (Å²) in [5.74, 6) is -3.66. The van der Waals surface area contributed by atoms with Gasteiger partial charge in [0.05, 0.1) is 7.11 Å². The Morgan fingerprint density at radius 3 is 2.67 bits per heavy atom. The molecular formula is C9H8F2O4. The van der Waals surface area contributed by atoms with E-state index in [2.05, 4.69) is 9.47 Å². The van der Waals surface area contributed by atoms with E-state index in [1.54, 1.807) is 0 Å². The second kappa shape index (κ2) is 4.59. The van der Waals surface area contributed by atoms with E-state index in [1.807, 2.05) is 0 Å². The summed E-state index contributed by atoms with van der Waals surface area (Å²) in [4.78, 5) is 10.2. The minimum Gasteiger partial charge on any atom is -0.490 e. The zero-order valence-electron chi connectivity index (χ0n) is 7.79. The van der Waals surface area contributed by atoms with Crippen molar-refractivity contribution in [3.8, 4) is 11.5 Å². The van der Waals surface area contributed by atoms with Crippen molar-refractivity contribution in [2.75, 3.05) is 13.7 Å². The SMILES string of the molecule is COc1c(F)cc(F)cc1OCC(=O)O. The molecule has 1 rings (SSSR count). The molecule has 15 heavy (non-hydrogen) atoms. The monoisotopic (exact) mass is 218 g/mol. The number of hydrogen-bond donors (Lipinski definition) is 1. The van der Waals surface area contributed by atoms with E-state index in [-0.39, 0.29) is 11.5 Å². The van der Waals surface area contributed by atoms with Crippen LogP contribution >= 0.6 is 0 Å².